The van der Waals surface area contributed by atoms with Gasteiger partial charge in [-0.2, -0.15) is 0 Å². The number of anilines is 1. The van der Waals surface area contributed by atoms with Gasteiger partial charge < -0.3 is 10.5 Å². The minimum atomic E-state index is -0.635. The fourth-order valence-corrected chi connectivity index (χ4v) is 3.41. The molecule has 3 amide bonds. The number of ether oxygens (including phenoxy) is 1. The Labute approximate surface area is 183 Å². The number of nitrogens with one attached hydrogen (secondary N) is 1. The lowest BCUT2D eigenvalue weighted by atomic mass is 10.0. The van der Waals surface area contributed by atoms with Crippen molar-refractivity contribution < 1.29 is 19.1 Å². The van der Waals surface area contributed by atoms with Crippen LogP contribution in [0.5, 0.6) is 5.75 Å². The van der Waals surface area contributed by atoms with Crippen molar-refractivity contribution in [1.29, 1.82) is 0 Å². The summed E-state index contributed by atoms with van der Waals surface area (Å²) in [5.74, 6) is -1.51. The predicted octanol–water partition coefficient (Wildman–Crippen LogP) is 2.65. The first-order chi connectivity index (χ1) is 14.2. The van der Waals surface area contributed by atoms with Crippen LogP contribution in [0.1, 0.15) is 16.7 Å². The van der Waals surface area contributed by atoms with Gasteiger partial charge in [0.15, 0.2) is 11.7 Å². The summed E-state index contributed by atoms with van der Waals surface area (Å²) in [5, 5.41) is 2.78. The average Bonchev–Trinajstić information content (AvgIpc) is 2.67. The summed E-state index contributed by atoms with van der Waals surface area (Å²) in [6.07, 6.45) is 1.42. The zero-order valence-electron chi connectivity index (χ0n) is 16.2. The van der Waals surface area contributed by atoms with E-state index in [-0.39, 0.29) is 28.1 Å². The quantitative estimate of drug-likeness (QED) is 0.420. The highest BCUT2D eigenvalue weighted by atomic mass is 35.5. The number of rotatable bonds is 5. The number of carbonyl (C=O) groups excluding carboxylic acids is 3. The molecular weight excluding hydrogens is 426 g/mol. The molecule has 2 aromatic rings. The molecule has 1 aliphatic heterocycles. The third-order valence-corrected chi connectivity index (χ3v) is 5.14. The fourth-order valence-electron chi connectivity index (χ4n) is 2.89. The van der Waals surface area contributed by atoms with Crippen LogP contribution in [0.15, 0.2) is 42.0 Å². The smallest absolute Gasteiger partial charge is 0.270 e. The van der Waals surface area contributed by atoms with Crippen LogP contribution in [0, 0.1) is 13.8 Å². The second-order valence-electron chi connectivity index (χ2n) is 6.62. The Balaban J connectivity index is 1.96. The van der Waals surface area contributed by atoms with Crippen molar-refractivity contribution in [2.45, 2.75) is 13.8 Å². The number of hydrogen-bond acceptors (Lipinski definition) is 5. The molecule has 0 aromatic heterocycles. The highest BCUT2D eigenvalue weighted by Crippen LogP contribution is 2.29. The predicted molar refractivity (Wildman–Crippen MR) is 118 cm³/mol. The Morgan fingerprint density at radius 1 is 1.27 bits per heavy atom. The Morgan fingerprint density at radius 3 is 2.67 bits per heavy atom. The lowest BCUT2D eigenvalue weighted by Crippen LogP contribution is -2.54. The van der Waals surface area contributed by atoms with Gasteiger partial charge in [0.1, 0.15) is 11.3 Å². The number of nitrogens with two attached hydrogens (primary N) is 1. The van der Waals surface area contributed by atoms with E-state index in [9.17, 15) is 14.4 Å². The topological polar surface area (TPSA) is 102 Å². The van der Waals surface area contributed by atoms with Crippen molar-refractivity contribution in [2.75, 3.05) is 11.5 Å². The first-order valence-electron chi connectivity index (χ1n) is 8.87. The van der Waals surface area contributed by atoms with Gasteiger partial charge in [0.2, 0.25) is 0 Å². The molecular formula is C21H18ClN3O4S. The summed E-state index contributed by atoms with van der Waals surface area (Å²) in [6.45, 7) is 3.49. The molecule has 3 N–H and O–H groups in total. The molecule has 1 aliphatic rings. The van der Waals surface area contributed by atoms with E-state index in [1.807, 2.05) is 26.0 Å². The van der Waals surface area contributed by atoms with Gasteiger partial charge in [-0.1, -0.05) is 29.8 Å². The Kier molecular flexibility index (Phi) is 6.19. The maximum atomic E-state index is 13.1. The van der Waals surface area contributed by atoms with E-state index < -0.39 is 17.7 Å². The maximum absolute atomic E-state index is 13.1. The monoisotopic (exact) mass is 443 g/mol. The molecule has 2 aromatic carbocycles. The zero-order valence-corrected chi connectivity index (χ0v) is 17.8. The lowest BCUT2D eigenvalue weighted by molar-refractivity contribution is -0.122. The second kappa shape index (κ2) is 8.64. The summed E-state index contributed by atoms with van der Waals surface area (Å²) in [4.78, 5) is 37.8. The average molecular weight is 444 g/mol. The normalized spacial score (nSPS) is 15.4. The molecule has 0 spiro atoms. The summed E-state index contributed by atoms with van der Waals surface area (Å²) < 4.78 is 5.20. The number of nitrogens with zero attached hydrogens (tertiary/aromatic N) is 1. The van der Waals surface area contributed by atoms with E-state index in [0.717, 1.165) is 11.1 Å². The highest BCUT2D eigenvalue weighted by molar-refractivity contribution is 7.80. The molecule has 1 saturated heterocycles. The number of carbonyl (C=O) groups is 3. The van der Waals surface area contributed by atoms with Gasteiger partial charge in [-0.3, -0.25) is 24.6 Å². The van der Waals surface area contributed by atoms with E-state index in [2.05, 4.69) is 5.32 Å². The van der Waals surface area contributed by atoms with Crippen LogP contribution in [-0.4, -0.2) is 29.4 Å². The van der Waals surface area contributed by atoms with Crippen molar-refractivity contribution in [1.82, 2.24) is 5.32 Å². The summed E-state index contributed by atoms with van der Waals surface area (Å²) in [6, 6.07) is 10.2. The molecule has 9 heteroatoms. The van der Waals surface area contributed by atoms with Crippen LogP contribution >= 0.6 is 23.8 Å². The molecule has 0 unspecified atom stereocenters. The Bertz CT molecular complexity index is 1110. The van der Waals surface area contributed by atoms with Crippen LogP contribution in [-0.2, 0) is 14.4 Å². The molecule has 3 rings (SSSR count). The van der Waals surface area contributed by atoms with Gasteiger partial charge in [-0.25, -0.2) is 0 Å². The summed E-state index contributed by atoms with van der Waals surface area (Å²) in [7, 11) is 0. The van der Waals surface area contributed by atoms with Gasteiger partial charge in [0, 0.05) is 0 Å². The molecule has 0 atom stereocenters. The van der Waals surface area contributed by atoms with E-state index in [1.165, 1.54) is 23.1 Å². The third kappa shape index (κ3) is 4.34. The molecule has 0 aliphatic carbocycles. The number of hydrogen-bond donors (Lipinski definition) is 2. The first-order valence-corrected chi connectivity index (χ1v) is 9.66. The second-order valence-corrected chi connectivity index (χ2v) is 7.42. The first kappa shape index (κ1) is 21.5. The van der Waals surface area contributed by atoms with Crippen LogP contribution in [0.25, 0.3) is 6.08 Å². The Morgan fingerprint density at radius 2 is 2.00 bits per heavy atom. The van der Waals surface area contributed by atoms with Crippen molar-refractivity contribution in [3.05, 3.63) is 63.7 Å². The minimum Gasteiger partial charge on any atom is -0.482 e. The van der Waals surface area contributed by atoms with Crippen molar-refractivity contribution in [3.8, 4) is 5.75 Å². The van der Waals surface area contributed by atoms with E-state index >= 15 is 0 Å². The van der Waals surface area contributed by atoms with Gasteiger partial charge >= 0.3 is 0 Å². The number of aryl methyl sites for hydroxylation is 1. The lowest BCUT2D eigenvalue weighted by Gasteiger charge is -2.30. The van der Waals surface area contributed by atoms with Crippen LogP contribution < -0.4 is 20.7 Å². The van der Waals surface area contributed by atoms with E-state index in [1.54, 1.807) is 12.1 Å². The molecule has 0 bridgehead atoms. The van der Waals surface area contributed by atoms with E-state index in [0.29, 0.717) is 11.3 Å². The van der Waals surface area contributed by atoms with Crippen molar-refractivity contribution >= 4 is 58.4 Å². The fraction of sp³-hybridized carbons (Fsp3) is 0.143. The zero-order chi connectivity index (χ0) is 22.0. The van der Waals surface area contributed by atoms with Gasteiger partial charge in [-0.05, 0) is 67.0 Å². The van der Waals surface area contributed by atoms with Crippen LogP contribution in [0.2, 0.25) is 5.02 Å². The van der Waals surface area contributed by atoms with Gasteiger partial charge in [0.05, 0.1) is 10.7 Å². The van der Waals surface area contributed by atoms with Gasteiger partial charge in [-0.15, -0.1) is 0 Å². The molecule has 1 heterocycles. The van der Waals surface area contributed by atoms with Crippen molar-refractivity contribution in [2.24, 2.45) is 5.73 Å². The van der Waals surface area contributed by atoms with Gasteiger partial charge in [0.25, 0.3) is 17.7 Å². The molecule has 1 fully saturated rings. The van der Waals surface area contributed by atoms with Crippen LogP contribution in [0.4, 0.5) is 5.69 Å². The maximum Gasteiger partial charge on any atom is 0.270 e. The Hall–Kier alpha value is -3.23. The molecule has 30 heavy (non-hydrogen) atoms. The van der Waals surface area contributed by atoms with E-state index in [4.69, 9.17) is 34.3 Å². The number of amides is 3. The molecule has 0 saturated carbocycles. The largest absolute Gasteiger partial charge is 0.482 e. The summed E-state index contributed by atoms with van der Waals surface area (Å²) in [5.41, 5.74) is 7.93. The van der Waals surface area contributed by atoms with Crippen LogP contribution in [0.3, 0.4) is 0 Å². The number of primary amides is 1. The number of halogens is 1. The molecule has 0 radical (unpaired) electrons. The molecule has 7 nitrogen and oxygen atoms in total. The standard InChI is InChI=1S/C21H18ClN3O4S/c1-11-4-3-5-16(12(11)2)25-20(28)14(19(27)24-21(25)30)8-13-6-7-17(15(22)9-13)29-10-18(23)26/h3-9H,10H2,1-2H3,(H2,23,26)(H,24,27,30). The summed E-state index contributed by atoms with van der Waals surface area (Å²) >= 11 is 11.4. The third-order valence-electron chi connectivity index (χ3n) is 4.56. The molecule has 154 valence electrons. The number of benzene rings is 2. The minimum absolute atomic E-state index is 0.0177. The highest BCUT2D eigenvalue weighted by Gasteiger charge is 2.35. The SMILES string of the molecule is Cc1cccc(N2C(=O)C(=Cc3ccc(OCC(N)=O)c(Cl)c3)C(=O)NC2=S)c1C. The van der Waals surface area contributed by atoms with Crippen molar-refractivity contribution in [3.63, 3.8) is 0 Å². The number of thiocarbonyl (C=S) groups is 1.